The molecule has 2 aliphatic heterocycles. The molecule has 134 valence electrons. The van der Waals surface area contributed by atoms with Crippen molar-refractivity contribution in [1.29, 1.82) is 0 Å². The number of cyclic esters (lactones) is 1. The van der Waals surface area contributed by atoms with Crippen LogP contribution in [0.2, 0.25) is 0 Å². The van der Waals surface area contributed by atoms with E-state index in [1.165, 1.54) is 17.9 Å². The lowest BCUT2D eigenvalue weighted by Gasteiger charge is -2.43. The van der Waals surface area contributed by atoms with Crippen molar-refractivity contribution in [2.24, 2.45) is 5.92 Å². The van der Waals surface area contributed by atoms with Gasteiger partial charge in [-0.3, -0.25) is 9.69 Å². The first-order valence-corrected chi connectivity index (χ1v) is 8.20. The Morgan fingerprint density at radius 3 is 2.76 bits per heavy atom. The maximum atomic E-state index is 14.6. The molecule has 2 heterocycles. The third kappa shape index (κ3) is 3.21. The summed E-state index contributed by atoms with van der Waals surface area (Å²) in [5, 5.41) is 2.59. The molecule has 1 N–H and O–H groups in total. The number of hydrogen-bond donors (Lipinski definition) is 1. The summed E-state index contributed by atoms with van der Waals surface area (Å²) >= 11 is 0. The summed E-state index contributed by atoms with van der Waals surface area (Å²) in [4.78, 5) is 35.7. The smallest absolute Gasteiger partial charge is 0.414 e. The quantitative estimate of drug-likeness (QED) is 0.643. The van der Waals surface area contributed by atoms with Crippen molar-refractivity contribution in [3.8, 4) is 0 Å². The van der Waals surface area contributed by atoms with E-state index < -0.39 is 18.0 Å². The average Bonchev–Trinajstić information content (AvgIpc) is 2.91. The molecule has 1 aromatic carbocycles. The van der Waals surface area contributed by atoms with Crippen LogP contribution in [0.5, 0.6) is 0 Å². The number of halogens is 1. The predicted octanol–water partition coefficient (Wildman–Crippen LogP) is 1.40. The van der Waals surface area contributed by atoms with Gasteiger partial charge in [0.25, 0.3) is 0 Å². The number of nitrogens with one attached hydrogen (secondary N) is 1. The van der Waals surface area contributed by atoms with Crippen LogP contribution in [0.3, 0.4) is 0 Å². The molecule has 1 aromatic rings. The summed E-state index contributed by atoms with van der Waals surface area (Å²) in [7, 11) is 0. The first-order chi connectivity index (χ1) is 11.8. The molecule has 2 fully saturated rings. The third-order valence-electron chi connectivity index (χ3n) is 4.65. The number of carbonyl (C=O) groups excluding carboxylic acids is 3. The largest absolute Gasteiger partial charge is 0.442 e. The van der Waals surface area contributed by atoms with Crippen molar-refractivity contribution in [2.45, 2.75) is 20.0 Å². The highest BCUT2D eigenvalue weighted by molar-refractivity contribution is 5.90. The zero-order valence-electron chi connectivity index (χ0n) is 14.2. The molecular formula is C17H21FN3O4+. The fraction of sp³-hybridized carbons (Fsp3) is 0.471. The Morgan fingerprint density at radius 2 is 2.20 bits per heavy atom. The van der Waals surface area contributed by atoms with Gasteiger partial charge in [0.05, 0.1) is 37.8 Å². The Morgan fingerprint density at radius 1 is 1.48 bits per heavy atom. The van der Waals surface area contributed by atoms with Gasteiger partial charge in [0.15, 0.2) is 11.5 Å². The lowest BCUT2D eigenvalue weighted by molar-refractivity contribution is -0.122. The van der Waals surface area contributed by atoms with E-state index in [0.29, 0.717) is 30.4 Å². The Balaban J connectivity index is 1.76. The lowest BCUT2D eigenvalue weighted by atomic mass is 9.97. The molecule has 0 spiro atoms. The summed E-state index contributed by atoms with van der Waals surface area (Å²) in [6.45, 7) is 4.98. The minimum Gasteiger partial charge on any atom is -0.442 e. The topological polar surface area (TPSA) is 75.7 Å². The summed E-state index contributed by atoms with van der Waals surface area (Å²) in [6.07, 6.45) is -0.297. The molecule has 0 bridgehead atoms. The van der Waals surface area contributed by atoms with Crippen molar-refractivity contribution in [3.63, 3.8) is 0 Å². The molecule has 1 unspecified atom stereocenters. The number of benzene rings is 1. The summed E-state index contributed by atoms with van der Waals surface area (Å²) in [5.41, 5.74) is 0.688. The van der Waals surface area contributed by atoms with Crippen LogP contribution in [0.4, 0.5) is 20.6 Å². The summed E-state index contributed by atoms with van der Waals surface area (Å²) in [5.74, 6) is -0.362. The third-order valence-corrected chi connectivity index (χ3v) is 4.65. The van der Waals surface area contributed by atoms with Crippen LogP contribution >= 0.6 is 0 Å². The lowest BCUT2D eigenvalue weighted by Crippen LogP contribution is -2.63. The van der Waals surface area contributed by atoms with Gasteiger partial charge >= 0.3 is 12.5 Å². The van der Waals surface area contributed by atoms with Gasteiger partial charge in [-0.2, -0.15) is 0 Å². The van der Waals surface area contributed by atoms with Crippen LogP contribution < -0.4 is 14.7 Å². The summed E-state index contributed by atoms with van der Waals surface area (Å²) < 4.78 is 19.8. The number of quaternary nitrogens is 1. The molecule has 0 aliphatic carbocycles. The second-order valence-electron chi connectivity index (χ2n) is 6.80. The second kappa shape index (κ2) is 6.44. The van der Waals surface area contributed by atoms with E-state index in [1.807, 2.05) is 6.92 Å². The van der Waals surface area contributed by atoms with Gasteiger partial charge in [0, 0.05) is 19.1 Å². The highest BCUT2D eigenvalue weighted by Crippen LogP contribution is 2.36. The van der Waals surface area contributed by atoms with Crippen LogP contribution in [-0.2, 0) is 14.3 Å². The zero-order chi connectivity index (χ0) is 18.2. The molecule has 25 heavy (non-hydrogen) atoms. The van der Waals surface area contributed by atoms with Gasteiger partial charge < -0.3 is 10.1 Å². The van der Waals surface area contributed by atoms with Crippen molar-refractivity contribution in [2.75, 3.05) is 31.1 Å². The number of hydrogen-bond acceptors (Lipinski definition) is 4. The van der Waals surface area contributed by atoms with E-state index in [1.54, 1.807) is 12.1 Å². The maximum Gasteiger partial charge on any atom is 0.414 e. The van der Waals surface area contributed by atoms with Crippen LogP contribution in [0.25, 0.3) is 0 Å². The molecule has 3 amide bonds. The van der Waals surface area contributed by atoms with Crippen LogP contribution in [0.15, 0.2) is 18.2 Å². The van der Waals surface area contributed by atoms with E-state index >= 15 is 0 Å². The van der Waals surface area contributed by atoms with Crippen molar-refractivity contribution in [3.05, 3.63) is 24.0 Å². The van der Waals surface area contributed by atoms with E-state index in [4.69, 9.17) is 4.74 Å². The molecule has 8 heteroatoms. The molecule has 1 atom stereocenters. The number of ether oxygens (including phenoxy) is 1. The number of likely N-dealkylation sites (tertiary alicyclic amines) is 1. The first-order valence-electron chi connectivity index (χ1n) is 8.20. The number of anilines is 1. The highest BCUT2D eigenvalue weighted by atomic mass is 19.1. The molecule has 3 rings (SSSR count). The Bertz CT molecular complexity index is 718. The molecule has 2 aliphatic rings. The molecule has 0 radical (unpaired) electrons. The molecule has 2 saturated heterocycles. The highest BCUT2D eigenvalue weighted by Gasteiger charge is 2.46. The number of nitrogens with zero attached hydrogens (tertiary/aromatic N) is 2. The van der Waals surface area contributed by atoms with Crippen LogP contribution in [0.1, 0.15) is 13.8 Å². The van der Waals surface area contributed by atoms with Crippen LogP contribution in [-0.4, -0.2) is 50.7 Å². The van der Waals surface area contributed by atoms with Gasteiger partial charge in [0.2, 0.25) is 5.91 Å². The monoisotopic (exact) mass is 350 g/mol. The first kappa shape index (κ1) is 17.3. The fourth-order valence-corrected chi connectivity index (χ4v) is 3.52. The SMILES string of the molecule is CC(=O)NCC1CN(c2ccc([N+]3(C=O)CC(C)C3)c(F)c2)C(=O)O1. The van der Waals surface area contributed by atoms with Crippen molar-refractivity contribution in [1.82, 2.24) is 9.80 Å². The van der Waals surface area contributed by atoms with E-state index in [-0.39, 0.29) is 23.5 Å². The van der Waals surface area contributed by atoms with Gasteiger partial charge in [-0.25, -0.2) is 18.5 Å². The minimum absolute atomic E-state index is 0.0249. The van der Waals surface area contributed by atoms with Gasteiger partial charge in [0.1, 0.15) is 6.10 Å². The van der Waals surface area contributed by atoms with Gasteiger partial charge in [-0.05, 0) is 6.07 Å². The summed E-state index contributed by atoms with van der Waals surface area (Å²) in [6, 6.07) is 4.43. The van der Waals surface area contributed by atoms with Crippen molar-refractivity contribution >= 4 is 29.8 Å². The van der Waals surface area contributed by atoms with Crippen molar-refractivity contribution < 1.29 is 23.5 Å². The van der Waals surface area contributed by atoms with E-state index in [0.717, 1.165) is 6.41 Å². The molecular weight excluding hydrogens is 329 g/mol. The van der Waals surface area contributed by atoms with Gasteiger partial charge in [-0.15, -0.1) is 0 Å². The predicted molar refractivity (Wildman–Crippen MR) is 89.5 cm³/mol. The Kier molecular flexibility index (Phi) is 4.47. The fourth-order valence-electron chi connectivity index (χ4n) is 3.52. The van der Waals surface area contributed by atoms with E-state index in [9.17, 15) is 18.8 Å². The molecule has 0 aromatic heterocycles. The number of rotatable bonds is 5. The minimum atomic E-state index is -0.584. The Hall–Kier alpha value is -2.48. The maximum absolute atomic E-state index is 14.6. The molecule has 0 saturated carbocycles. The standard InChI is InChI=1S/C17H20FN3O4/c1-11-8-21(9-11,10-22)16-4-3-13(5-15(16)18)20-7-14(25-17(20)24)6-19-12(2)23/h3-5,10-11,14H,6-9H2,1-2H3/p+1. The zero-order valence-corrected chi connectivity index (χ0v) is 14.2. The average molecular weight is 350 g/mol. The number of amides is 3. The molecule has 7 nitrogen and oxygen atoms in total. The Labute approximate surface area is 144 Å². The second-order valence-corrected chi connectivity index (χ2v) is 6.80. The van der Waals surface area contributed by atoms with E-state index in [2.05, 4.69) is 5.32 Å². The number of carbonyl (C=O) groups is 3. The van der Waals surface area contributed by atoms with Gasteiger partial charge in [-0.1, -0.05) is 6.92 Å². The normalized spacial score (nSPS) is 28.3. The van der Waals surface area contributed by atoms with Crippen LogP contribution in [0, 0.1) is 11.7 Å².